The second kappa shape index (κ2) is 8.48. The number of methoxy groups -OCH3 is 1. The third kappa shape index (κ3) is 5.87. The third-order valence-electron chi connectivity index (χ3n) is 2.77. The normalized spacial score (nSPS) is 10.9. The van der Waals surface area contributed by atoms with Crippen LogP contribution in [0.25, 0.3) is 0 Å². The zero-order chi connectivity index (χ0) is 15.7. The molecule has 0 fully saturated rings. The number of rotatable bonds is 5. The van der Waals surface area contributed by atoms with E-state index >= 15 is 0 Å². The van der Waals surface area contributed by atoms with Gasteiger partial charge in [-0.25, -0.2) is 9.59 Å². The molecule has 3 amide bonds. The highest BCUT2D eigenvalue weighted by Gasteiger charge is 2.09. The van der Waals surface area contributed by atoms with Gasteiger partial charge in [0.15, 0.2) is 0 Å². The Morgan fingerprint density at radius 1 is 1.24 bits per heavy atom. The smallest absolute Gasteiger partial charge is 0.411 e. The van der Waals surface area contributed by atoms with Crippen LogP contribution in [0, 0.1) is 12.3 Å². The average Bonchev–Trinajstić information content (AvgIpc) is 2.48. The Morgan fingerprint density at radius 2 is 1.81 bits per heavy atom. The second-order valence-corrected chi connectivity index (χ2v) is 4.31. The summed E-state index contributed by atoms with van der Waals surface area (Å²) in [5, 5.41) is 8.01. The summed E-state index contributed by atoms with van der Waals surface area (Å²) < 4.78 is 4.48. The van der Waals surface area contributed by atoms with Crippen LogP contribution in [0.2, 0.25) is 0 Å². The number of benzene rings is 1. The largest absolute Gasteiger partial charge is 0.453 e. The fourth-order valence-electron chi connectivity index (χ4n) is 1.60. The lowest BCUT2D eigenvalue weighted by Crippen LogP contribution is -2.37. The van der Waals surface area contributed by atoms with Crippen molar-refractivity contribution in [3.05, 3.63) is 24.3 Å². The van der Waals surface area contributed by atoms with Crippen molar-refractivity contribution in [2.24, 2.45) is 0 Å². The average molecular weight is 289 g/mol. The molecule has 1 aromatic carbocycles. The van der Waals surface area contributed by atoms with Gasteiger partial charge in [0.1, 0.15) is 0 Å². The lowest BCUT2D eigenvalue weighted by atomic mass is 10.1. The van der Waals surface area contributed by atoms with E-state index in [1.54, 1.807) is 24.3 Å². The number of hydrogen-bond donors (Lipinski definition) is 3. The van der Waals surface area contributed by atoms with Crippen LogP contribution in [0.1, 0.15) is 19.8 Å². The first-order chi connectivity index (χ1) is 10.1. The number of anilines is 2. The minimum absolute atomic E-state index is 0.0461. The summed E-state index contributed by atoms with van der Waals surface area (Å²) in [7, 11) is 1.29. The first-order valence-electron chi connectivity index (χ1n) is 6.55. The van der Waals surface area contributed by atoms with E-state index in [4.69, 9.17) is 6.42 Å². The fraction of sp³-hybridized carbons (Fsp3) is 0.333. The monoisotopic (exact) mass is 289 g/mol. The van der Waals surface area contributed by atoms with Gasteiger partial charge in [-0.2, -0.15) is 0 Å². The summed E-state index contributed by atoms with van der Waals surface area (Å²) in [4.78, 5) is 22.8. The van der Waals surface area contributed by atoms with Crippen molar-refractivity contribution in [1.29, 1.82) is 0 Å². The van der Waals surface area contributed by atoms with Crippen molar-refractivity contribution in [2.45, 2.75) is 25.8 Å². The zero-order valence-electron chi connectivity index (χ0n) is 12.1. The van der Waals surface area contributed by atoms with Gasteiger partial charge >= 0.3 is 12.1 Å². The summed E-state index contributed by atoms with van der Waals surface area (Å²) in [6.07, 6.45) is 5.94. The van der Waals surface area contributed by atoms with Gasteiger partial charge < -0.3 is 15.4 Å². The highest BCUT2D eigenvalue weighted by Crippen LogP contribution is 2.13. The predicted molar refractivity (Wildman–Crippen MR) is 82.2 cm³/mol. The molecule has 0 spiro atoms. The van der Waals surface area contributed by atoms with Crippen molar-refractivity contribution >= 4 is 23.5 Å². The van der Waals surface area contributed by atoms with E-state index in [0.717, 1.165) is 6.42 Å². The number of urea groups is 1. The molecule has 0 aliphatic carbocycles. The van der Waals surface area contributed by atoms with Crippen molar-refractivity contribution in [1.82, 2.24) is 5.32 Å². The first-order valence-corrected chi connectivity index (χ1v) is 6.55. The number of amides is 3. The minimum atomic E-state index is -0.548. The van der Waals surface area contributed by atoms with Gasteiger partial charge in [-0.15, -0.1) is 12.3 Å². The predicted octanol–water partition coefficient (Wildman–Crippen LogP) is 2.79. The van der Waals surface area contributed by atoms with E-state index in [1.807, 2.05) is 6.92 Å². The lowest BCUT2D eigenvalue weighted by Gasteiger charge is -2.15. The van der Waals surface area contributed by atoms with Gasteiger partial charge in [0.25, 0.3) is 0 Å². The number of carbonyl (C=O) groups is 2. The molecule has 1 aromatic rings. The quantitative estimate of drug-likeness (QED) is 0.729. The Balaban J connectivity index is 2.53. The SMILES string of the molecule is C#CCC(CC)NC(=O)Nc1ccc(NC(=O)OC)cc1. The van der Waals surface area contributed by atoms with Crippen LogP contribution >= 0.6 is 0 Å². The highest BCUT2D eigenvalue weighted by molar-refractivity contribution is 5.90. The van der Waals surface area contributed by atoms with Gasteiger partial charge in [-0.05, 0) is 30.7 Å². The minimum Gasteiger partial charge on any atom is -0.453 e. The van der Waals surface area contributed by atoms with Crippen LogP contribution in [0.3, 0.4) is 0 Å². The third-order valence-corrected chi connectivity index (χ3v) is 2.77. The molecule has 1 rings (SSSR count). The van der Waals surface area contributed by atoms with Crippen LogP contribution in [-0.2, 0) is 4.74 Å². The van der Waals surface area contributed by atoms with Crippen LogP contribution in [0.4, 0.5) is 21.0 Å². The highest BCUT2D eigenvalue weighted by atomic mass is 16.5. The van der Waals surface area contributed by atoms with Crippen molar-refractivity contribution in [2.75, 3.05) is 17.7 Å². The van der Waals surface area contributed by atoms with Gasteiger partial charge in [0.05, 0.1) is 7.11 Å². The zero-order valence-corrected chi connectivity index (χ0v) is 12.1. The second-order valence-electron chi connectivity index (χ2n) is 4.31. The van der Waals surface area contributed by atoms with Crippen molar-refractivity contribution < 1.29 is 14.3 Å². The number of carbonyl (C=O) groups excluding carboxylic acids is 2. The Morgan fingerprint density at radius 3 is 2.29 bits per heavy atom. The Bertz CT molecular complexity index is 520. The maximum atomic E-state index is 11.8. The molecule has 0 aliphatic rings. The van der Waals surface area contributed by atoms with E-state index in [1.165, 1.54) is 7.11 Å². The summed E-state index contributed by atoms with van der Waals surface area (Å²) >= 11 is 0. The van der Waals surface area contributed by atoms with Crippen LogP contribution in [0.15, 0.2) is 24.3 Å². The molecule has 6 heteroatoms. The molecule has 0 aliphatic heterocycles. The van der Waals surface area contributed by atoms with Gasteiger partial charge in [0.2, 0.25) is 0 Å². The summed E-state index contributed by atoms with van der Waals surface area (Å²) in [5.74, 6) is 2.52. The molecule has 0 heterocycles. The van der Waals surface area contributed by atoms with E-state index in [2.05, 4.69) is 26.6 Å². The van der Waals surface area contributed by atoms with Gasteiger partial charge in [-0.3, -0.25) is 5.32 Å². The van der Waals surface area contributed by atoms with E-state index in [0.29, 0.717) is 17.8 Å². The van der Waals surface area contributed by atoms with Crippen LogP contribution in [-0.4, -0.2) is 25.3 Å². The molecule has 112 valence electrons. The molecule has 3 N–H and O–H groups in total. The molecule has 6 nitrogen and oxygen atoms in total. The topological polar surface area (TPSA) is 79.5 Å². The van der Waals surface area contributed by atoms with Crippen LogP contribution in [0.5, 0.6) is 0 Å². The maximum Gasteiger partial charge on any atom is 0.411 e. The van der Waals surface area contributed by atoms with Crippen LogP contribution < -0.4 is 16.0 Å². The molecule has 21 heavy (non-hydrogen) atoms. The Kier molecular flexibility index (Phi) is 6.61. The molecule has 0 bridgehead atoms. The lowest BCUT2D eigenvalue weighted by molar-refractivity contribution is 0.187. The molecule has 1 unspecified atom stereocenters. The maximum absolute atomic E-state index is 11.8. The van der Waals surface area contributed by atoms with E-state index < -0.39 is 6.09 Å². The van der Waals surface area contributed by atoms with Gasteiger partial charge in [-0.1, -0.05) is 6.92 Å². The van der Waals surface area contributed by atoms with E-state index in [9.17, 15) is 9.59 Å². The molecule has 0 saturated carbocycles. The van der Waals surface area contributed by atoms with E-state index in [-0.39, 0.29) is 12.1 Å². The molecule has 0 aromatic heterocycles. The summed E-state index contributed by atoms with van der Waals surface area (Å²) in [6, 6.07) is 6.30. The van der Waals surface area contributed by atoms with Crippen molar-refractivity contribution in [3.63, 3.8) is 0 Å². The first kappa shape index (κ1) is 16.4. The van der Waals surface area contributed by atoms with Crippen molar-refractivity contribution in [3.8, 4) is 12.3 Å². The molecule has 0 saturated heterocycles. The summed E-state index contributed by atoms with van der Waals surface area (Å²) in [5.41, 5.74) is 1.19. The molecular weight excluding hydrogens is 270 g/mol. The number of hydrogen-bond acceptors (Lipinski definition) is 3. The number of ether oxygens (including phenoxy) is 1. The Labute approximate surface area is 124 Å². The molecule has 0 radical (unpaired) electrons. The Hall–Kier alpha value is -2.68. The van der Waals surface area contributed by atoms with Gasteiger partial charge in [0, 0.05) is 23.8 Å². The summed E-state index contributed by atoms with van der Waals surface area (Å²) in [6.45, 7) is 1.95. The number of terminal acetylenes is 1. The molecule has 1 atom stereocenters. The fourth-order valence-corrected chi connectivity index (χ4v) is 1.60. The standard InChI is InChI=1S/C15H19N3O3/c1-4-6-11(5-2)16-14(19)17-12-7-9-13(10-8-12)18-15(20)21-3/h1,7-11H,5-6H2,2-3H3,(H,18,20)(H2,16,17,19). The molecular formula is C15H19N3O3. The number of nitrogens with one attached hydrogen (secondary N) is 3.